The van der Waals surface area contributed by atoms with Crippen LogP contribution in [0.1, 0.15) is 11.4 Å². The van der Waals surface area contributed by atoms with E-state index in [4.69, 9.17) is 0 Å². The molecule has 2 heterocycles. The summed E-state index contributed by atoms with van der Waals surface area (Å²) in [5.74, 6) is 0. The van der Waals surface area contributed by atoms with Crippen LogP contribution in [-0.4, -0.2) is 9.97 Å². The van der Waals surface area contributed by atoms with Crippen molar-refractivity contribution in [1.82, 2.24) is 9.97 Å². The predicted molar refractivity (Wildman–Crippen MR) is 66.5 cm³/mol. The van der Waals surface area contributed by atoms with E-state index in [2.05, 4.69) is 28.2 Å². The van der Waals surface area contributed by atoms with Gasteiger partial charge in [0, 0.05) is 34.6 Å². The minimum atomic E-state index is 1.05. The minimum absolute atomic E-state index is 1.05. The topological polar surface area (TPSA) is 25.8 Å². The number of nitrogens with zero attached hydrogens (tertiary/aromatic N) is 2. The first-order valence-electron chi connectivity index (χ1n) is 5.36. The summed E-state index contributed by atoms with van der Waals surface area (Å²) in [7, 11) is 0. The zero-order valence-electron chi connectivity index (χ0n) is 9.36. The lowest BCUT2D eigenvalue weighted by atomic mass is 10.0. The van der Waals surface area contributed by atoms with Crippen molar-refractivity contribution in [2.75, 3.05) is 0 Å². The highest BCUT2D eigenvalue weighted by Gasteiger charge is 2.04. The summed E-state index contributed by atoms with van der Waals surface area (Å²) < 4.78 is 0. The molecule has 0 aliphatic rings. The number of aromatic nitrogens is 2. The maximum Gasteiger partial charge on any atom is 0.0457 e. The summed E-state index contributed by atoms with van der Waals surface area (Å²) in [6.45, 7) is 4.06. The van der Waals surface area contributed by atoms with Gasteiger partial charge in [-0.2, -0.15) is 0 Å². The quantitative estimate of drug-likeness (QED) is 0.529. The molecule has 0 fully saturated rings. The molecule has 0 aliphatic heterocycles. The molecule has 0 atom stereocenters. The Bertz CT molecular complexity index is 687. The molecular weight excluding hydrogens is 196 g/mol. The van der Waals surface area contributed by atoms with E-state index in [0.29, 0.717) is 0 Å². The highest BCUT2D eigenvalue weighted by Crippen LogP contribution is 2.26. The average Bonchev–Trinajstić information content (AvgIpc) is 2.29. The number of fused-ring (bicyclic) bond motifs is 3. The van der Waals surface area contributed by atoms with E-state index < -0.39 is 0 Å². The second kappa shape index (κ2) is 3.27. The lowest BCUT2D eigenvalue weighted by Crippen LogP contribution is -1.87. The van der Waals surface area contributed by atoms with Gasteiger partial charge in [0.2, 0.25) is 0 Å². The van der Waals surface area contributed by atoms with Crippen LogP contribution in [-0.2, 0) is 0 Å². The van der Waals surface area contributed by atoms with E-state index in [1.54, 1.807) is 0 Å². The van der Waals surface area contributed by atoms with Crippen molar-refractivity contribution < 1.29 is 0 Å². The maximum atomic E-state index is 4.37. The maximum absolute atomic E-state index is 4.37. The molecule has 0 N–H and O–H groups in total. The van der Waals surface area contributed by atoms with Gasteiger partial charge in [-0.1, -0.05) is 12.1 Å². The van der Waals surface area contributed by atoms with Crippen molar-refractivity contribution >= 4 is 21.5 Å². The monoisotopic (exact) mass is 208 g/mol. The average molecular weight is 208 g/mol. The van der Waals surface area contributed by atoms with E-state index in [0.717, 1.165) is 11.4 Å². The van der Waals surface area contributed by atoms with Crippen molar-refractivity contribution in [3.8, 4) is 0 Å². The second-order valence-electron chi connectivity index (χ2n) is 4.11. The van der Waals surface area contributed by atoms with Gasteiger partial charge in [-0.3, -0.25) is 9.97 Å². The number of aryl methyl sites for hydroxylation is 2. The molecule has 78 valence electrons. The van der Waals surface area contributed by atoms with Gasteiger partial charge in [0.25, 0.3) is 0 Å². The predicted octanol–water partition coefficient (Wildman–Crippen LogP) is 3.40. The van der Waals surface area contributed by atoms with Crippen LogP contribution in [0.4, 0.5) is 0 Å². The molecule has 16 heavy (non-hydrogen) atoms. The van der Waals surface area contributed by atoms with Crippen molar-refractivity contribution in [2.45, 2.75) is 13.8 Å². The van der Waals surface area contributed by atoms with Gasteiger partial charge in [-0.15, -0.1) is 0 Å². The van der Waals surface area contributed by atoms with E-state index >= 15 is 0 Å². The Balaban J connectivity index is 2.58. The molecule has 0 saturated carbocycles. The van der Waals surface area contributed by atoms with Crippen LogP contribution < -0.4 is 0 Å². The first-order valence-corrected chi connectivity index (χ1v) is 5.36. The zero-order chi connectivity index (χ0) is 11.1. The normalized spacial score (nSPS) is 11.1. The van der Waals surface area contributed by atoms with Crippen LogP contribution in [0.3, 0.4) is 0 Å². The van der Waals surface area contributed by atoms with E-state index in [9.17, 15) is 0 Å². The summed E-state index contributed by atoms with van der Waals surface area (Å²) in [5.41, 5.74) is 2.11. The first-order chi connectivity index (χ1) is 7.75. The van der Waals surface area contributed by atoms with Gasteiger partial charge in [0.05, 0.1) is 0 Å². The molecule has 1 aromatic carbocycles. The second-order valence-corrected chi connectivity index (χ2v) is 4.11. The van der Waals surface area contributed by atoms with Crippen LogP contribution in [0.2, 0.25) is 0 Å². The molecule has 2 aromatic heterocycles. The molecule has 3 aromatic rings. The molecule has 2 heteroatoms. The Hall–Kier alpha value is -1.96. The van der Waals surface area contributed by atoms with Crippen LogP contribution >= 0.6 is 0 Å². The summed E-state index contributed by atoms with van der Waals surface area (Å²) >= 11 is 0. The highest BCUT2D eigenvalue weighted by atomic mass is 14.7. The van der Waals surface area contributed by atoms with Crippen LogP contribution in [0.25, 0.3) is 21.5 Å². The zero-order valence-corrected chi connectivity index (χ0v) is 9.36. The molecule has 2 nitrogen and oxygen atoms in total. The van der Waals surface area contributed by atoms with Crippen LogP contribution in [0.5, 0.6) is 0 Å². The summed E-state index contributed by atoms with van der Waals surface area (Å²) in [4.78, 5) is 8.72. The van der Waals surface area contributed by atoms with Crippen molar-refractivity contribution in [1.29, 1.82) is 0 Å². The third-order valence-corrected chi connectivity index (χ3v) is 2.96. The number of benzene rings is 1. The fourth-order valence-corrected chi connectivity index (χ4v) is 2.18. The fraction of sp³-hybridized carbons (Fsp3) is 0.143. The van der Waals surface area contributed by atoms with E-state index in [1.165, 1.54) is 21.5 Å². The third kappa shape index (κ3) is 1.27. The van der Waals surface area contributed by atoms with Crippen LogP contribution in [0.15, 0.2) is 36.7 Å². The van der Waals surface area contributed by atoms with Crippen molar-refractivity contribution in [3.05, 3.63) is 48.0 Å². The Labute approximate surface area is 94.0 Å². The van der Waals surface area contributed by atoms with Gasteiger partial charge in [-0.05, 0) is 36.8 Å². The molecular formula is C14H12N2. The number of rotatable bonds is 0. The van der Waals surface area contributed by atoms with E-state index in [1.807, 2.05) is 32.3 Å². The highest BCUT2D eigenvalue weighted by molar-refractivity contribution is 6.08. The molecule has 3 rings (SSSR count). The Morgan fingerprint density at radius 3 is 2.62 bits per heavy atom. The molecule has 0 unspecified atom stereocenters. The molecule has 0 bridgehead atoms. The van der Waals surface area contributed by atoms with Crippen molar-refractivity contribution in [2.24, 2.45) is 0 Å². The van der Waals surface area contributed by atoms with Crippen molar-refractivity contribution in [3.63, 3.8) is 0 Å². The SMILES string of the molecule is Cc1cc2ccc3ccnc(C)c3c2cn1. The van der Waals surface area contributed by atoms with E-state index in [-0.39, 0.29) is 0 Å². The van der Waals surface area contributed by atoms with Gasteiger partial charge in [0.1, 0.15) is 0 Å². The Kier molecular flexibility index (Phi) is 1.90. The summed E-state index contributed by atoms with van der Waals surface area (Å²) in [6.07, 6.45) is 3.80. The minimum Gasteiger partial charge on any atom is -0.261 e. The molecule has 0 amide bonds. The smallest absolute Gasteiger partial charge is 0.0457 e. The van der Waals surface area contributed by atoms with Gasteiger partial charge in [-0.25, -0.2) is 0 Å². The Morgan fingerprint density at radius 2 is 1.75 bits per heavy atom. The number of pyridine rings is 2. The largest absolute Gasteiger partial charge is 0.261 e. The first kappa shape index (κ1) is 9.28. The molecule has 0 saturated heterocycles. The lowest BCUT2D eigenvalue weighted by Gasteiger charge is -2.06. The van der Waals surface area contributed by atoms with Gasteiger partial charge >= 0.3 is 0 Å². The standard InChI is InChI=1S/C14H12N2/c1-9-7-12-4-3-11-5-6-15-10(2)14(11)13(12)8-16-9/h3-8H,1-2H3. The van der Waals surface area contributed by atoms with Gasteiger partial charge in [0.15, 0.2) is 0 Å². The molecule has 0 spiro atoms. The van der Waals surface area contributed by atoms with Crippen LogP contribution in [0, 0.1) is 13.8 Å². The third-order valence-electron chi connectivity index (χ3n) is 2.96. The number of hydrogen-bond donors (Lipinski definition) is 0. The lowest BCUT2D eigenvalue weighted by molar-refractivity contribution is 1.22. The molecule has 0 radical (unpaired) electrons. The number of hydrogen-bond acceptors (Lipinski definition) is 2. The summed E-state index contributed by atoms with van der Waals surface area (Å²) in [6, 6.07) is 8.44. The fourth-order valence-electron chi connectivity index (χ4n) is 2.18. The Morgan fingerprint density at radius 1 is 0.938 bits per heavy atom. The van der Waals surface area contributed by atoms with Gasteiger partial charge < -0.3 is 0 Å². The molecule has 0 aliphatic carbocycles. The summed E-state index contributed by atoms with van der Waals surface area (Å²) in [5, 5.41) is 4.86.